The van der Waals surface area contributed by atoms with E-state index in [0.717, 1.165) is 59.2 Å². The molecule has 0 radical (unpaired) electrons. The molecule has 0 aromatic heterocycles. The molecule has 4 saturated carbocycles. The van der Waals surface area contributed by atoms with Gasteiger partial charge in [-0.2, -0.15) is 0 Å². The molecule has 4 fully saturated rings. The van der Waals surface area contributed by atoms with Crippen molar-refractivity contribution in [2.75, 3.05) is 66.8 Å². The Morgan fingerprint density at radius 3 is 1.46 bits per heavy atom. The highest BCUT2D eigenvalue weighted by Crippen LogP contribution is 2.60. The Labute approximate surface area is 754 Å². The molecule has 3 spiro atoms. The van der Waals surface area contributed by atoms with Crippen molar-refractivity contribution in [3.8, 4) is 41.0 Å². The van der Waals surface area contributed by atoms with E-state index in [1.165, 1.54) is 125 Å². The van der Waals surface area contributed by atoms with Gasteiger partial charge < -0.3 is 34.4 Å². The second-order valence-electron chi connectivity index (χ2n) is 38.1. The van der Waals surface area contributed by atoms with Crippen molar-refractivity contribution in [1.29, 1.82) is 0 Å². The lowest BCUT2D eigenvalue weighted by atomic mass is 9.73. The summed E-state index contributed by atoms with van der Waals surface area (Å²) in [5, 5.41) is 2.63. The number of hydrogen-bond acceptors (Lipinski definition) is 9. The van der Waals surface area contributed by atoms with Crippen molar-refractivity contribution in [2.24, 2.45) is 0 Å². The van der Waals surface area contributed by atoms with Gasteiger partial charge in [0.2, 0.25) is 11.1 Å². The molecular formula is C101H126Br4ClN5O6Si2. The highest BCUT2D eigenvalue weighted by atomic mass is 79.9. The fourth-order valence-corrected chi connectivity index (χ4v) is 17.6. The monoisotopic (exact) mass is 1910 g/mol. The van der Waals surface area contributed by atoms with Crippen molar-refractivity contribution in [1.82, 2.24) is 0 Å². The molecule has 2 amide bonds. The molecule has 4 aliphatic carbocycles. The number of allylic oxidation sites excluding steroid dienone is 3. The van der Waals surface area contributed by atoms with Crippen LogP contribution < -0.4 is 29.7 Å². The molecule has 18 heteroatoms. The van der Waals surface area contributed by atoms with Crippen LogP contribution in [0.3, 0.4) is 0 Å². The second-order valence-corrected chi connectivity index (χ2v) is 51.7. The van der Waals surface area contributed by atoms with Crippen LogP contribution in [0.4, 0.5) is 28.4 Å². The standard InChI is InChI=1S/C25H27NO2.C21H28OSi.C14H18BrN.2C12H14BrNO.C7H8BrN.C5H7ClO.C5H10Si/c1-5-28-23(27)20-11-8-18(9-12-20)6-7-19-10-13-22-21(16-19)24(2,3)17-25(14-15-25)26(22)4;1-20(2)14-21(9-10-21)22-19-17(16-6-7-16)12-15(13-18(19)20)8-11-23(3,4)5;1-13(2)9-14(6-7-14)16(3)12-5-4-10(15)8-11(12)13;1-12(2)7-11(15)14(3)10-5-4-8(13)6-9(10)12;1-9(2)8-12(15)14(3)11-6-4-10(13)5-7-11;1-9-7-4-2-6(8)3-5-7;1-4(2)3-5(6)7;1-5-6(2,3)4/h8-13,16H,5,14-15,17H2,1-4H3;12-13,16H,6-7,9-10,14H2,1-5H3;4-5,8H,6-7,9H2,1-3H3;4-6H,7H2,1-3H3;4-8H,1-3H3;2-5,9H,1H3;3H,1-2H3;1H,2-4H3. The van der Waals surface area contributed by atoms with Crippen molar-refractivity contribution >= 4 is 143 Å². The molecule has 0 atom stereocenters. The first-order valence-corrected chi connectivity index (χ1v) is 52.1. The summed E-state index contributed by atoms with van der Waals surface area (Å²) in [5.41, 5.74) is 26.3. The van der Waals surface area contributed by atoms with Crippen LogP contribution in [0.25, 0.3) is 0 Å². The van der Waals surface area contributed by atoms with Gasteiger partial charge in [-0.25, -0.2) is 4.79 Å². The Morgan fingerprint density at radius 2 is 1.02 bits per heavy atom. The third kappa shape index (κ3) is 27.3. The molecule has 634 valence electrons. The van der Waals surface area contributed by atoms with Gasteiger partial charge in [-0.05, 0) is 307 Å². The van der Waals surface area contributed by atoms with E-state index in [1.54, 1.807) is 42.0 Å². The van der Waals surface area contributed by atoms with Gasteiger partial charge >= 0.3 is 5.97 Å². The van der Waals surface area contributed by atoms with E-state index >= 15 is 0 Å². The smallest absolute Gasteiger partial charge is 0.338 e. The van der Waals surface area contributed by atoms with E-state index < -0.39 is 21.4 Å². The molecule has 4 heterocycles. The number of likely N-dealkylation sites (N-methyl/N-ethyl adjacent to an activating group) is 1. The van der Waals surface area contributed by atoms with Gasteiger partial charge in [0.25, 0.3) is 5.91 Å². The Morgan fingerprint density at radius 1 is 0.571 bits per heavy atom. The molecule has 1 N–H and O–H groups in total. The van der Waals surface area contributed by atoms with E-state index in [4.69, 9.17) is 27.5 Å². The van der Waals surface area contributed by atoms with E-state index in [1.807, 2.05) is 115 Å². The molecule has 15 rings (SSSR count). The normalized spacial score (nSPS) is 17.3. The minimum absolute atomic E-state index is 0.00248. The molecule has 8 aliphatic rings. The zero-order valence-electron chi connectivity index (χ0n) is 74.9. The predicted octanol–water partition coefficient (Wildman–Crippen LogP) is 26.6. The summed E-state index contributed by atoms with van der Waals surface area (Å²) in [6, 6.07) is 47.0. The topological polar surface area (TPSA) is 112 Å². The lowest BCUT2D eigenvalue weighted by Crippen LogP contribution is -2.45. The largest absolute Gasteiger partial charge is 0.487 e. The number of esters is 1. The lowest BCUT2D eigenvalue weighted by molar-refractivity contribution is -0.120. The van der Waals surface area contributed by atoms with Gasteiger partial charge in [-0.3, -0.25) is 14.4 Å². The third-order valence-electron chi connectivity index (χ3n) is 22.8. The highest BCUT2D eigenvalue weighted by Gasteiger charge is 2.56. The zero-order chi connectivity index (χ0) is 88.3. The van der Waals surface area contributed by atoms with Gasteiger partial charge in [0.15, 0.2) is 0 Å². The summed E-state index contributed by atoms with van der Waals surface area (Å²) in [6.45, 7) is 41.5. The SMILES string of the molecule is C#C[Si](C)(C)C.CC(C)=CC(=O)Cl.CC(C)=CC(=O)N(C)c1ccc(Br)cc1.CC1(C)CC2(CC2)Oc2c(C3CC3)cc(C#C[Si](C)(C)C)cc21.CCOC(=O)c1ccc(C#Cc2ccc3c(c2)C(C)(C)CC2(CC2)N3C)cc1.CN1C(=O)CC(C)(C)c2cc(Br)ccc21.CN1c2ccc(Br)cc2C(C)(C)CC12CC2.CNc1ccc(Br)cc1. The number of nitrogens with one attached hydrogen (secondary N) is 1. The number of terminal acetylenes is 1. The zero-order valence-corrected chi connectivity index (χ0v) is 84.0. The number of carbonyl (C=O) groups excluding carboxylic acids is 4. The fourth-order valence-electron chi connectivity index (χ4n) is 15.7. The fraction of sp³-hybridized carbons (Fsp3) is 0.446. The van der Waals surface area contributed by atoms with Crippen molar-refractivity contribution < 1.29 is 28.7 Å². The molecule has 0 bridgehead atoms. The maximum Gasteiger partial charge on any atom is 0.338 e. The number of ether oxygens (including phenoxy) is 2. The van der Waals surface area contributed by atoms with E-state index in [0.29, 0.717) is 41.0 Å². The quantitative estimate of drug-likeness (QED) is 0.0548. The van der Waals surface area contributed by atoms with Gasteiger partial charge in [-0.1, -0.05) is 187 Å². The lowest BCUT2D eigenvalue weighted by Gasteiger charge is -2.45. The van der Waals surface area contributed by atoms with E-state index in [2.05, 4.69) is 271 Å². The van der Waals surface area contributed by atoms with E-state index in [9.17, 15) is 19.2 Å². The Balaban J connectivity index is 0.000000177. The average molecular weight is 1920 g/mol. The Hall–Kier alpha value is -7.38. The van der Waals surface area contributed by atoms with Gasteiger partial charge in [0.05, 0.1) is 12.2 Å². The number of hydrogen-bond donors (Lipinski definition) is 1. The van der Waals surface area contributed by atoms with Crippen LogP contribution in [0.15, 0.2) is 181 Å². The summed E-state index contributed by atoms with van der Waals surface area (Å²) < 4.78 is 16.0. The Bertz CT molecular complexity index is 5060. The summed E-state index contributed by atoms with van der Waals surface area (Å²) in [6.07, 6.45) is 22.8. The molecule has 7 aromatic carbocycles. The summed E-state index contributed by atoms with van der Waals surface area (Å²) in [7, 11) is 7.56. The third-order valence-corrected chi connectivity index (χ3v) is 26.7. The number of benzene rings is 7. The molecule has 7 aromatic rings. The Kier molecular flexibility index (Phi) is 32.5. The first kappa shape index (κ1) is 97.1. The maximum absolute atomic E-state index is 11.8. The molecular weight excluding hydrogens is 1790 g/mol. The minimum atomic E-state index is -1.35. The van der Waals surface area contributed by atoms with Gasteiger partial charge in [-0.15, -0.1) is 17.5 Å². The van der Waals surface area contributed by atoms with Crippen molar-refractivity contribution in [3.05, 3.63) is 231 Å². The number of nitrogens with zero attached hydrogens (tertiary/aromatic N) is 4. The van der Waals surface area contributed by atoms with Crippen LogP contribution >= 0.6 is 75.3 Å². The molecule has 119 heavy (non-hydrogen) atoms. The molecule has 0 saturated heterocycles. The number of fused-ring (bicyclic) bond motifs is 4. The number of carbonyl (C=O) groups is 4. The summed E-state index contributed by atoms with van der Waals surface area (Å²) >= 11 is 18.7. The molecule has 11 nitrogen and oxygen atoms in total. The van der Waals surface area contributed by atoms with Crippen molar-refractivity contribution in [3.63, 3.8) is 0 Å². The van der Waals surface area contributed by atoms with Crippen LogP contribution in [0, 0.1) is 35.3 Å². The van der Waals surface area contributed by atoms with Gasteiger partial charge in [0, 0.05) is 133 Å². The average Bonchev–Trinajstić information content (AvgIpc) is 1.58. The highest BCUT2D eigenvalue weighted by molar-refractivity contribution is 9.11. The van der Waals surface area contributed by atoms with Crippen LogP contribution in [0.2, 0.25) is 39.3 Å². The first-order valence-electron chi connectivity index (χ1n) is 41.5. The van der Waals surface area contributed by atoms with Crippen LogP contribution in [0.1, 0.15) is 228 Å². The second kappa shape index (κ2) is 39.9. The predicted molar refractivity (Wildman–Crippen MR) is 522 cm³/mol. The van der Waals surface area contributed by atoms with Crippen LogP contribution in [-0.2, 0) is 40.8 Å². The number of amides is 2. The van der Waals surface area contributed by atoms with E-state index in [-0.39, 0.29) is 39.6 Å². The van der Waals surface area contributed by atoms with Gasteiger partial charge in [0.1, 0.15) is 27.5 Å². The summed E-state index contributed by atoms with van der Waals surface area (Å²) in [5.74, 6) is 11.8. The van der Waals surface area contributed by atoms with Crippen LogP contribution in [0.5, 0.6) is 5.75 Å². The number of halogens is 5. The van der Waals surface area contributed by atoms with Crippen LogP contribution in [-0.4, -0.2) is 97.7 Å². The molecule has 4 aliphatic heterocycles. The first-order chi connectivity index (χ1) is 55.4. The summed E-state index contributed by atoms with van der Waals surface area (Å²) in [4.78, 5) is 53.5. The number of rotatable bonds is 7. The minimum Gasteiger partial charge on any atom is -0.487 e. The maximum atomic E-state index is 11.8. The van der Waals surface area contributed by atoms with Crippen molar-refractivity contribution in [2.45, 2.75) is 251 Å². The molecule has 0 unspecified atom stereocenters. The number of anilines is 5.